The predicted octanol–water partition coefficient (Wildman–Crippen LogP) is 21.9. The molecular weight excluding hydrogens is 937 g/mol. The van der Waals surface area contributed by atoms with Crippen LogP contribution in [0.3, 0.4) is 0 Å². The molecule has 78 heavy (non-hydrogen) atoms. The second-order valence-electron chi connectivity index (χ2n) is 20.8. The largest absolute Gasteiger partial charge is 0.0616 e. The number of rotatable bonds is 8. The van der Waals surface area contributed by atoms with E-state index in [0.29, 0.717) is 0 Å². The van der Waals surface area contributed by atoms with E-state index >= 15 is 0 Å². The quantitative estimate of drug-likeness (QED) is 0.142. The molecule has 0 radical (unpaired) electrons. The zero-order valence-electron chi connectivity index (χ0n) is 42.9. The van der Waals surface area contributed by atoms with Crippen LogP contribution in [0.1, 0.15) is 0 Å². The first-order valence-corrected chi connectivity index (χ1v) is 27.0. The average Bonchev–Trinajstić information content (AvgIpc) is 3.69. The SMILES string of the molecule is c1ccc2cc(-c3ccc(-c4ccc5ccccc5c4)c(-c4cc(-c5ccc6ccccc6c5)c(-c5cc(-c6ccc7ccccc7c6)ccc5-c5ccc6ccccc6c5)cc4-c4ccc5ccccc5c4)c3)ccc2c1. The van der Waals surface area contributed by atoms with Crippen molar-refractivity contribution in [1.82, 2.24) is 0 Å². The van der Waals surface area contributed by atoms with Crippen LogP contribution in [0.2, 0.25) is 0 Å². The van der Waals surface area contributed by atoms with Crippen molar-refractivity contribution in [3.63, 3.8) is 0 Å². The van der Waals surface area contributed by atoms with Crippen LogP contribution in [0, 0.1) is 0 Å². The molecule has 15 rings (SSSR count). The summed E-state index contributed by atoms with van der Waals surface area (Å²) in [5, 5.41) is 14.6. The van der Waals surface area contributed by atoms with Crippen molar-refractivity contribution in [2.75, 3.05) is 0 Å². The third-order valence-electron chi connectivity index (χ3n) is 16.2. The molecule has 0 aromatic heterocycles. The lowest BCUT2D eigenvalue weighted by atomic mass is 9.80. The van der Waals surface area contributed by atoms with E-state index in [0.717, 1.165) is 11.1 Å². The molecule has 15 aromatic rings. The number of fused-ring (bicyclic) bond motifs is 6. The van der Waals surface area contributed by atoms with E-state index in [-0.39, 0.29) is 0 Å². The van der Waals surface area contributed by atoms with Crippen molar-refractivity contribution >= 4 is 64.6 Å². The third-order valence-corrected chi connectivity index (χ3v) is 16.2. The Morgan fingerprint density at radius 1 is 0.103 bits per heavy atom. The molecule has 0 spiro atoms. The summed E-state index contributed by atoms with van der Waals surface area (Å²) in [6.45, 7) is 0. The molecule has 0 saturated heterocycles. The summed E-state index contributed by atoms with van der Waals surface area (Å²) in [6.07, 6.45) is 0. The van der Waals surface area contributed by atoms with Gasteiger partial charge in [-0.3, -0.25) is 0 Å². The second-order valence-corrected chi connectivity index (χ2v) is 20.8. The lowest BCUT2D eigenvalue weighted by Crippen LogP contribution is -1.97. The highest BCUT2D eigenvalue weighted by Crippen LogP contribution is 2.49. The molecule has 15 aromatic carbocycles. The Labute approximate surface area is 454 Å². The lowest BCUT2D eigenvalue weighted by molar-refractivity contribution is 1.54. The molecule has 0 aliphatic carbocycles. The molecule has 0 nitrogen and oxygen atoms in total. The normalized spacial score (nSPS) is 11.6. The standard InChI is InChI=1S/C78H50/c1-7-19-57-41-63(31-25-51(57)13-1)65-37-39-71(67-33-27-53-15-3-9-21-59(53)43-67)75(47-65)77-49-74(70-36-30-56-18-6-12-24-62(56)46-70)78(50-73(77)69-35-29-55-17-5-11-23-61(55)45-69)76-48-66(64-32-26-52-14-2-8-20-58(52)42-64)38-40-72(76)68-34-28-54-16-4-10-22-60(54)44-68/h1-50H. The molecular formula is C78H50. The fourth-order valence-corrected chi connectivity index (χ4v) is 12.1. The Bertz CT molecular complexity index is 4550. The molecule has 0 heteroatoms. The van der Waals surface area contributed by atoms with E-state index in [1.54, 1.807) is 0 Å². The first kappa shape index (κ1) is 45.3. The van der Waals surface area contributed by atoms with Crippen molar-refractivity contribution < 1.29 is 0 Å². The molecule has 0 unspecified atom stereocenters. The summed E-state index contributed by atoms with van der Waals surface area (Å²) in [5.74, 6) is 0. The Morgan fingerprint density at radius 3 is 0.577 bits per heavy atom. The minimum atomic E-state index is 1.16. The minimum absolute atomic E-state index is 1.16. The zero-order chi connectivity index (χ0) is 51.5. The maximum absolute atomic E-state index is 2.53. The van der Waals surface area contributed by atoms with Crippen LogP contribution in [-0.4, -0.2) is 0 Å². The lowest BCUT2D eigenvalue weighted by Gasteiger charge is -2.23. The first-order chi connectivity index (χ1) is 38.6. The van der Waals surface area contributed by atoms with Gasteiger partial charge >= 0.3 is 0 Å². The van der Waals surface area contributed by atoms with Gasteiger partial charge in [0.05, 0.1) is 0 Å². The van der Waals surface area contributed by atoms with Gasteiger partial charge in [-0.15, -0.1) is 0 Å². The summed E-state index contributed by atoms with van der Waals surface area (Å²) in [5.41, 5.74) is 18.8. The van der Waals surface area contributed by atoms with Gasteiger partial charge in [0, 0.05) is 0 Å². The molecule has 0 N–H and O–H groups in total. The number of benzene rings is 15. The highest BCUT2D eigenvalue weighted by Gasteiger charge is 2.23. The van der Waals surface area contributed by atoms with Crippen LogP contribution in [0.25, 0.3) is 154 Å². The van der Waals surface area contributed by atoms with Crippen LogP contribution in [-0.2, 0) is 0 Å². The number of hydrogen-bond donors (Lipinski definition) is 0. The molecule has 0 saturated carbocycles. The molecule has 362 valence electrons. The van der Waals surface area contributed by atoms with Gasteiger partial charge < -0.3 is 0 Å². The average molecular weight is 987 g/mol. The summed E-state index contributed by atoms with van der Waals surface area (Å²) in [7, 11) is 0. The maximum Gasteiger partial charge on any atom is -0.00923 e. The smallest absolute Gasteiger partial charge is 0.00923 e. The van der Waals surface area contributed by atoms with Gasteiger partial charge in [0.2, 0.25) is 0 Å². The molecule has 0 heterocycles. The van der Waals surface area contributed by atoms with Crippen molar-refractivity contribution in [2.45, 2.75) is 0 Å². The predicted molar refractivity (Wildman–Crippen MR) is 335 cm³/mol. The highest BCUT2D eigenvalue weighted by atomic mass is 14.3. The second kappa shape index (κ2) is 18.9. The highest BCUT2D eigenvalue weighted by molar-refractivity contribution is 6.06. The van der Waals surface area contributed by atoms with Gasteiger partial charge in [0.25, 0.3) is 0 Å². The van der Waals surface area contributed by atoms with E-state index < -0.39 is 0 Å². The van der Waals surface area contributed by atoms with Crippen molar-refractivity contribution in [3.8, 4) is 89.0 Å². The van der Waals surface area contributed by atoms with Gasteiger partial charge in [-0.25, -0.2) is 0 Å². The Morgan fingerprint density at radius 2 is 0.295 bits per heavy atom. The van der Waals surface area contributed by atoms with Gasteiger partial charge in [0.1, 0.15) is 0 Å². The van der Waals surface area contributed by atoms with E-state index in [4.69, 9.17) is 0 Å². The van der Waals surface area contributed by atoms with Gasteiger partial charge in [-0.05, 0) is 214 Å². The molecule has 0 amide bonds. The summed E-state index contributed by atoms with van der Waals surface area (Å²) < 4.78 is 0. The summed E-state index contributed by atoms with van der Waals surface area (Å²) in [4.78, 5) is 0. The van der Waals surface area contributed by atoms with E-state index in [2.05, 4.69) is 303 Å². The molecule has 0 atom stereocenters. The van der Waals surface area contributed by atoms with Crippen molar-refractivity contribution in [2.24, 2.45) is 0 Å². The fraction of sp³-hybridized carbons (Fsp3) is 0. The maximum atomic E-state index is 2.53. The van der Waals surface area contributed by atoms with E-state index in [1.165, 1.54) is 143 Å². The van der Waals surface area contributed by atoms with Crippen molar-refractivity contribution in [1.29, 1.82) is 0 Å². The zero-order valence-corrected chi connectivity index (χ0v) is 42.9. The fourth-order valence-electron chi connectivity index (χ4n) is 12.1. The molecule has 0 bridgehead atoms. The molecule has 0 aliphatic heterocycles. The monoisotopic (exact) mass is 986 g/mol. The van der Waals surface area contributed by atoms with Crippen LogP contribution in [0.4, 0.5) is 0 Å². The van der Waals surface area contributed by atoms with Crippen LogP contribution < -0.4 is 0 Å². The third kappa shape index (κ3) is 8.20. The first-order valence-electron chi connectivity index (χ1n) is 27.0. The van der Waals surface area contributed by atoms with Crippen LogP contribution in [0.5, 0.6) is 0 Å². The van der Waals surface area contributed by atoms with Gasteiger partial charge in [-0.1, -0.05) is 243 Å². The Hall–Kier alpha value is -10.1. The van der Waals surface area contributed by atoms with Gasteiger partial charge in [-0.2, -0.15) is 0 Å². The molecule has 0 fully saturated rings. The minimum Gasteiger partial charge on any atom is -0.0616 e. The summed E-state index contributed by atoms with van der Waals surface area (Å²) in [6, 6.07) is 113. The van der Waals surface area contributed by atoms with Crippen molar-refractivity contribution in [3.05, 3.63) is 303 Å². The van der Waals surface area contributed by atoms with Gasteiger partial charge in [0.15, 0.2) is 0 Å². The van der Waals surface area contributed by atoms with Crippen LogP contribution >= 0.6 is 0 Å². The Balaban J connectivity index is 1.07. The van der Waals surface area contributed by atoms with E-state index in [1.807, 2.05) is 0 Å². The Kier molecular flexibility index (Phi) is 11.0. The van der Waals surface area contributed by atoms with Crippen LogP contribution in [0.15, 0.2) is 303 Å². The number of hydrogen-bond acceptors (Lipinski definition) is 0. The molecule has 0 aliphatic rings. The summed E-state index contributed by atoms with van der Waals surface area (Å²) >= 11 is 0. The van der Waals surface area contributed by atoms with E-state index in [9.17, 15) is 0 Å². The topological polar surface area (TPSA) is 0 Å².